The second-order valence-electron chi connectivity index (χ2n) is 7.83. The molecule has 2 aromatic heterocycles. The fraction of sp³-hybridized carbons (Fsp3) is 0.0769. The molecule has 5 aromatic rings. The summed E-state index contributed by atoms with van der Waals surface area (Å²) in [4.78, 5) is 21.2. The van der Waals surface area contributed by atoms with E-state index in [1.165, 1.54) is 12.1 Å². The van der Waals surface area contributed by atoms with Gasteiger partial charge in [0.2, 0.25) is 6.79 Å². The number of carbonyl (C=O) groups excluding carboxylic acids is 1. The van der Waals surface area contributed by atoms with Crippen LogP contribution in [0.25, 0.3) is 33.1 Å². The SMILES string of the molecule is O=C(NCc1ccc(F)cc1)c1cc2c([nH]c3ccccc32)c(-c2ccc3c(c2)OCO3)n1. The Hall–Kier alpha value is -4.39. The van der Waals surface area contributed by atoms with E-state index in [-0.39, 0.29) is 25.1 Å². The van der Waals surface area contributed by atoms with Crippen LogP contribution in [0.2, 0.25) is 0 Å². The molecule has 3 aromatic carbocycles. The lowest BCUT2D eigenvalue weighted by atomic mass is 10.1. The van der Waals surface area contributed by atoms with Gasteiger partial charge in [-0.05, 0) is 48.0 Å². The van der Waals surface area contributed by atoms with Crippen LogP contribution < -0.4 is 14.8 Å². The van der Waals surface area contributed by atoms with Gasteiger partial charge in [-0.15, -0.1) is 0 Å². The van der Waals surface area contributed by atoms with E-state index in [9.17, 15) is 9.18 Å². The van der Waals surface area contributed by atoms with E-state index >= 15 is 0 Å². The maximum Gasteiger partial charge on any atom is 0.270 e. The van der Waals surface area contributed by atoms with Gasteiger partial charge in [-0.2, -0.15) is 0 Å². The normalized spacial score (nSPS) is 12.4. The standard InChI is InChI=1S/C26H18FN3O3/c27-17-8-5-15(6-9-17)13-28-26(31)21-12-19-18-3-1-2-4-20(18)29-25(19)24(30-21)16-7-10-22-23(11-16)33-14-32-22/h1-12,29H,13-14H2,(H,28,31). The van der Waals surface area contributed by atoms with Gasteiger partial charge < -0.3 is 19.8 Å². The molecular formula is C26H18FN3O3. The summed E-state index contributed by atoms with van der Waals surface area (Å²) >= 11 is 0. The number of nitrogens with one attached hydrogen (secondary N) is 2. The van der Waals surface area contributed by atoms with Gasteiger partial charge in [0, 0.05) is 28.4 Å². The number of ether oxygens (including phenoxy) is 2. The highest BCUT2D eigenvalue weighted by molar-refractivity contribution is 6.13. The Morgan fingerprint density at radius 2 is 1.79 bits per heavy atom. The highest BCUT2D eigenvalue weighted by Gasteiger charge is 2.20. The van der Waals surface area contributed by atoms with Crippen molar-refractivity contribution in [1.29, 1.82) is 0 Å². The third kappa shape index (κ3) is 3.43. The molecule has 33 heavy (non-hydrogen) atoms. The van der Waals surface area contributed by atoms with Crippen molar-refractivity contribution in [2.24, 2.45) is 0 Å². The molecule has 0 radical (unpaired) electrons. The third-order valence-corrected chi connectivity index (χ3v) is 5.74. The number of carbonyl (C=O) groups is 1. The predicted molar refractivity (Wildman–Crippen MR) is 123 cm³/mol. The summed E-state index contributed by atoms with van der Waals surface area (Å²) in [5.74, 6) is 0.697. The van der Waals surface area contributed by atoms with Crippen molar-refractivity contribution < 1.29 is 18.7 Å². The molecule has 0 saturated heterocycles. The molecule has 7 heteroatoms. The lowest BCUT2D eigenvalue weighted by molar-refractivity contribution is 0.0946. The maximum atomic E-state index is 13.2. The van der Waals surface area contributed by atoms with E-state index in [4.69, 9.17) is 14.5 Å². The van der Waals surface area contributed by atoms with Crippen LogP contribution in [0.15, 0.2) is 72.8 Å². The molecular weight excluding hydrogens is 421 g/mol. The lowest BCUT2D eigenvalue weighted by Crippen LogP contribution is -2.24. The number of pyridine rings is 1. The molecule has 1 aliphatic heterocycles. The van der Waals surface area contributed by atoms with Crippen molar-refractivity contribution in [3.63, 3.8) is 0 Å². The van der Waals surface area contributed by atoms with Gasteiger partial charge in [-0.3, -0.25) is 4.79 Å². The zero-order valence-electron chi connectivity index (χ0n) is 17.4. The van der Waals surface area contributed by atoms with Crippen molar-refractivity contribution in [3.05, 3.63) is 89.9 Å². The number of aromatic nitrogens is 2. The second kappa shape index (κ2) is 7.63. The molecule has 0 saturated carbocycles. The number of nitrogens with zero attached hydrogens (tertiary/aromatic N) is 1. The van der Waals surface area contributed by atoms with Crippen molar-refractivity contribution in [3.8, 4) is 22.8 Å². The molecule has 1 amide bonds. The van der Waals surface area contributed by atoms with E-state index in [1.807, 2.05) is 42.5 Å². The molecule has 0 spiro atoms. The van der Waals surface area contributed by atoms with Gasteiger partial charge in [-0.25, -0.2) is 9.37 Å². The van der Waals surface area contributed by atoms with E-state index in [0.717, 1.165) is 32.9 Å². The van der Waals surface area contributed by atoms with Crippen LogP contribution in [0.3, 0.4) is 0 Å². The summed E-state index contributed by atoms with van der Waals surface area (Å²) in [5, 5.41) is 4.79. The van der Waals surface area contributed by atoms with Crippen LogP contribution in [-0.2, 0) is 6.54 Å². The predicted octanol–water partition coefficient (Wildman–Crippen LogP) is 5.18. The fourth-order valence-corrected chi connectivity index (χ4v) is 4.09. The Kier molecular flexibility index (Phi) is 4.47. The quantitative estimate of drug-likeness (QED) is 0.405. The number of amides is 1. The Balaban J connectivity index is 1.44. The molecule has 6 rings (SSSR count). The van der Waals surface area contributed by atoms with Crippen LogP contribution in [-0.4, -0.2) is 22.7 Å². The number of hydrogen-bond acceptors (Lipinski definition) is 4. The summed E-state index contributed by atoms with van der Waals surface area (Å²) in [6.45, 7) is 0.450. The monoisotopic (exact) mass is 439 g/mol. The summed E-state index contributed by atoms with van der Waals surface area (Å²) in [7, 11) is 0. The maximum absolute atomic E-state index is 13.2. The number of aromatic amines is 1. The minimum Gasteiger partial charge on any atom is -0.454 e. The molecule has 6 nitrogen and oxygen atoms in total. The topological polar surface area (TPSA) is 76.2 Å². The molecule has 2 N–H and O–H groups in total. The number of para-hydroxylation sites is 1. The first kappa shape index (κ1) is 19.3. The van der Waals surface area contributed by atoms with E-state index in [0.29, 0.717) is 22.9 Å². The second-order valence-corrected chi connectivity index (χ2v) is 7.83. The zero-order chi connectivity index (χ0) is 22.4. The minimum atomic E-state index is -0.315. The first-order chi connectivity index (χ1) is 16.2. The van der Waals surface area contributed by atoms with Crippen LogP contribution in [0, 0.1) is 5.82 Å². The molecule has 0 fully saturated rings. The van der Waals surface area contributed by atoms with E-state index in [2.05, 4.69) is 10.3 Å². The Morgan fingerprint density at radius 3 is 2.67 bits per heavy atom. The van der Waals surface area contributed by atoms with Crippen LogP contribution in [0.4, 0.5) is 4.39 Å². The smallest absolute Gasteiger partial charge is 0.270 e. The molecule has 0 aliphatic carbocycles. The highest BCUT2D eigenvalue weighted by atomic mass is 19.1. The van der Waals surface area contributed by atoms with Crippen LogP contribution >= 0.6 is 0 Å². The van der Waals surface area contributed by atoms with Gasteiger partial charge in [0.25, 0.3) is 5.91 Å². The zero-order valence-corrected chi connectivity index (χ0v) is 17.4. The first-order valence-corrected chi connectivity index (χ1v) is 10.5. The minimum absolute atomic E-state index is 0.180. The van der Waals surface area contributed by atoms with Gasteiger partial charge in [0.1, 0.15) is 11.5 Å². The first-order valence-electron chi connectivity index (χ1n) is 10.5. The Bertz CT molecular complexity index is 1530. The molecule has 0 bridgehead atoms. The molecule has 162 valence electrons. The molecule has 0 unspecified atom stereocenters. The largest absolute Gasteiger partial charge is 0.454 e. The third-order valence-electron chi connectivity index (χ3n) is 5.74. The average Bonchev–Trinajstić information content (AvgIpc) is 3.47. The van der Waals surface area contributed by atoms with Gasteiger partial charge >= 0.3 is 0 Å². The summed E-state index contributed by atoms with van der Waals surface area (Å²) in [6, 6.07) is 21.4. The Labute approximate surface area is 188 Å². The number of rotatable bonds is 4. The lowest BCUT2D eigenvalue weighted by Gasteiger charge is -2.09. The van der Waals surface area contributed by atoms with E-state index in [1.54, 1.807) is 18.2 Å². The average molecular weight is 439 g/mol. The molecule has 3 heterocycles. The Morgan fingerprint density at radius 1 is 0.970 bits per heavy atom. The van der Waals surface area contributed by atoms with Gasteiger partial charge in [0.05, 0.1) is 11.2 Å². The fourth-order valence-electron chi connectivity index (χ4n) is 4.09. The molecule has 0 atom stereocenters. The number of halogens is 1. The number of benzene rings is 3. The summed E-state index contributed by atoms with van der Waals surface area (Å²) < 4.78 is 24.1. The van der Waals surface area contributed by atoms with E-state index < -0.39 is 0 Å². The van der Waals surface area contributed by atoms with Crippen molar-refractivity contribution >= 4 is 27.7 Å². The summed E-state index contributed by atoms with van der Waals surface area (Å²) in [5.41, 5.74) is 4.35. The van der Waals surface area contributed by atoms with Crippen molar-refractivity contribution in [2.45, 2.75) is 6.54 Å². The number of hydrogen-bond donors (Lipinski definition) is 2. The summed E-state index contributed by atoms with van der Waals surface area (Å²) in [6.07, 6.45) is 0. The number of fused-ring (bicyclic) bond motifs is 4. The number of H-pyrrole nitrogens is 1. The van der Waals surface area contributed by atoms with Gasteiger partial charge in [0.15, 0.2) is 11.5 Å². The highest BCUT2D eigenvalue weighted by Crippen LogP contribution is 2.38. The van der Waals surface area contributed by atoms with Gasteiger partial charge in [-0.1, -0.05) is 30.3 Å². The van der Waals surface area contributed by atoms with Crippen molar-refractivity contribution in [1.82, 2.24) is 15.3 Å². The van der Waals surface area contributed by atoms with Crippen LogP contribution in [0.1, 0.15) is 16.1 Å². The van der Waals surface area contributed by atoms with Crippen molar-refractivity contribution in [2.75, 3.05) is 6.79 Å². The van der Waals surface area contributed by atoms with Crippen LogP contribution in [0.5, 0.6) is 11.5 Å². The molecule has 1 aliphatic rings.